The van der Waals surface area contributed by atoms with Crippen LogP contribution in [0, 0.1) is 12.7 Å². The minimum absolute atomic E-state index is 0.00603. The van der Waals surface area contributed by atoms with Gasteiger partial charge in [-0.2, -0.15) is 0 Å². The minimum Gasteiger partial charge on any atom is -0.377 e. The fourth-order valence-electron chi connectivity index (χ4n) is 3.79. The van der Waals surface area contributed by atoms with Crippen molar-refractivity contribution in [2.75, 3.05) is 13.2 Å². The number of hydrogen-bond donors (Lipinski definition) is 0. The number of rotatable bonds is 2. The van der Waals surface area contributed by atoms with Crippen molar-refractivity contribution in [3.05, 3.63) is 53.8 Å². The zero-order valence-corrected chi connectivity index (χ0v) is 15.0. The summed E-state index contributed by atoms with van der Waals surface area (Å²) < 4.78 is 22.1. The number of pyridine rings is 1. The number of aryl methyl sites for hydroxylation is 1. The van der Waals surface area contributed by atoms with Gasteiger partial charge in [-0.25, -0.2) is 9.37 Å². The van der Waals surface area contributed by atoms with E-state index in [1.54, 1.807) is 23.5 Å². The van der Waals surface area contributed by atoms with Crippen molar-refractivity contribution in [1.82, 2.24) is 34.6 Å². The van der Waals surface area contributed by atoms with Gasteiger partial charge in [0.15, 0.2) is 17.5 Å². The van der Waals surface area contributed by atoms with Gasteiger partial charge in [-0.3, -0.25) is 14.8 Å². The molecule has 0 unspecified atom stereocenters. The van der Waals surface area contributed by atoms with E-state index in [1.165, 1.54) is 19.2 Å². The molecule has 2 aliphatic heterocycles. The molecule has 3 aromatic rings. The van der Waals surface area contributed by atoms with Gasteiger partial charge in [-0.15, -0.1) is 10.2 Å². The Morgan fingerprint density at radius 1 is 1.21 bits per heavy atom. The summed E-state index contributed by atoms with van der Waals surface area (Å²) in [5.41, 5.74) is 0.805. The second-order valence-corrected chi connectivity index (χ2v) is 6.76. The third-order valence-electron chi connectivity index (χ3n) is 5.11. The van der Waals surface area contributed by atoms with Crippen molar-refractivity contribution in [2.45, 2.75) is 25.6 Å². The van der Waals surface area contributed by atoms with E-state index >= 15 is 0 Å². The summed E-state index contributed by atoms with van der Waals surface area (Å²) in [7, 11) is 0. The molecule has 0 radical (unpaired) electrons. The average molecular weight is 381 g/mol. The topological polar surface area (TPSA) is 98.9 Å². The molecule has 1 saturated heterocycles. The summed E-state index contributed by atoms with van der Waals surface area (Å²) in [6.07, 6.45) is 6.24. The van der Waals surface area contributed by atoms with Crippen molar-refractivity contribution in [3.8, 4) is 11.5 Å². The number of carbonyl (C=O) groups is 1. The van der Waals surface area contributed by atoms with Crippen LogP contribution < -0.4 is 0 Å². The molecule has 3 aromatic heterocycles. The monoisotopic (exact) mass is 381 g/mol. The molecule has 5 rings (SSSR count). The summed E-state index contributed by atoms with van der Waals surface area (Å²) in [5.74, 6) is 0.199. The second-order valence-electron chi connectivity index (χ2n) is 6.76. The molecule has 0 saturated carbocycles. The fraction of sp³-hybridized carbons (Fsp3) is 0.333. The van der Waals surface area contributed by atoms with Gasteiger partial charge >= 0.3 is 0 Å². The molecule has 0 aromatic carbocycles. The third kappa shape index (κ3) is 2.48. The summed E-state index contributed by atoms with van der Waals surface area (Å²) in [5, 5.41) is 8.54. The van der Waals surface area contributed by atoms with Crippen LogP contribution in [0.5, 0.6) is 0 Å². The summed E-state index contributed by atoms with van der Waals surface area (Å²) in [6, 6.07) is 0.690. The average Bonchev–Trinajstić information content (AvgIpc) is 3.13. The van der Waals surface area contributed by atoms with Crippen LogP contribution in [0.15, 0.2) is 30.9 Å². The van der Waals surface area contributed by atoms with E-state index in [-0.39, 0.29) is 23.9 Å². The van der Waals surface area contributed by atoms with Gasteiger partial charge in [0, 0.05) is 25.1 Å². The second kappa shape index (κ2) is 6.41. The normalized spacial score (nSPS) is 20.7. The van der Waals surface area contributed by atoms with Crippen LogP contribution in [0.25, 0.3) is 11.5 Å². The molecule has 5 heterocycles. The Kier molecular flexibility index (Phi) is 3.86. The Balaban J connectivity index is 1.56. The molecular formula is C18H16FN7O2. The molecule has 0 N–H and O–H groups in total. The Bertz CT molecular complexity index is 1060. The maximum atomic E-state index is 14.5. The highest BCUT2D eigenvalue weighted by Crippen LogP contribution is 2.35. The van der Waals surface area contributed by atoms with Crippen LogP contribution in [-0.2, 0) is 11.3 Å². The number of hydrogen-bond acceptors (Lipinski definition) is 7. The molecule has 2 atom stereocenters. The predicted molar refractivity (Wildman–Crippen MR) is 93.5 cm³/mol. The molecule has 10 heteroatoms. The Morgan fingerprint density at radius 3 is 2.93 bits per heavy atom. The van der Waals surface area contributed by atoms with Gasteiger partial charge in [-0.1, -0.05) is 0 Å². The zero-order chi connectivity index (χ0) is 19.3. The van der Waals surface area contributed by atoms with Crippen molar-refractivity contribution in [1.29, 1.82) is 0 Å². The lowest BCUT2D eigenvalue weighted by Crippen LogP contribution is -2.56. The first-order chi connectivity index (χ1) is 13.6. The van der Waals surface area contributed by atoms with Crippen LogP contribution in [0.4, 0.5) is 4.39 Å². The number of carbonyl (C=O) groups excluding carboxylic acids is 1. The zero-order valence-electron chi connectivity index (χ0n) is 15.0. The molecular weight excluding hydrogens is 365 g/mol. The summed E-state index contributed by atoms with van der Waals surface area (Å²) in [6.45, 7) is 2.59. The van der Waals surface area contributed by atoms with Crippen LogP contribution in [0.3, 0.4) is 0 Å². The number of amides is 1. The Labute approximate surface area is 159 Å². The lowest BCUT2D eigenvalue weighted by Gasteiger charge is -2.45. The van der Waals surface area contributed by atoms with E-state index in [0.29, 0.717) is 30.5 Å². The smallest absolute Gasteiger partial charge is 0.258 e. The first-order valence-corrected chi connectivity index (χ1v) is 8.86. The fourth-order valence-corrected chi connectivity index (χ4v) is 3.79. The lowest BCUT2D eigenvalue weighted by molar-refractivity contribution is -0.0571. The summed E-state index contributed by atoms with van der Waals surface area (Å²) in [4.78, 5) is 27.1. The van der Waals surface area contributed by atoms with Gasteiger partial charge in [0.2, 0.25) is 0 Å². The largest absolute Gasteiger partial charge is 0.377 e. The van der Waals surface area contributed by atoms with Crippen molar-refractivity contribution >= 4 is 5.91 Å². The van der Waals surface area contributed by atoms with Crippen LogP contribution in [0.1, 0.15) is 27.9 Å². The molecule has 2 bridgehead atoms. The highest BCUT2D eigenvalue weighted by molar-refractivity contribution is 5.95. The number of fused-ring (bicyclic) bond motifs is 4. The van der Waals surface area contributed by atoms with Crippen molar-refractivity contribution < 1.29 is 13.9 Å². The highest BCUT2D eigenvalue weighted by atomic mass is 19.1. The maximum Gasteiger partial charge on any atom is 0.258 e. The first-order valence-electron chi connectivity index (χ1n) is 8.86. The van der Waals surface area contributed by atoms with Gasteiger partial charge in [-0.05, 0) is 13.0 Å². The molecule has 142 valence electrons. The quantitative estimate of drug-likeness (QED) is 0.657. The Morgan fingerprint density at radius 2 is 2.11 bits per heavy atom. The van der Waals surface area contributed by atoms with Gasteiger partial charge in [0.25, 0.3) is 5.91 Å². The predicted octanol–water partition coefficient (Wildman–Crippen LogP) is 1.17. The van der Waals surface area contributed by atoms with E-state index in [9.17, 15) is 9.18 Å². The molecule has 2 aliphatic rings. The molecule has 1 fully saturated rings. The molecule has 9 nitrogen and oxygen atoms in total. The van der Waals surface area contributed by atoms with E-state index < -0.39 is 17.8 Å². The summed E-state index contributed by atoms with van der Waals surface area (Å²) >= 11 is 0. The maximum absolute atomic E-state index is 14.5. The Hall–Kier alpha value is -3.27. The van der Waals surface area contributed by atoms with Gasteiger partial charge in [0.05, 0.1) is 36.7 Å². The minimum atomic E-state index is -0.598. The van der Waals surface area contributed by atoms with Crippen LogP contribution in [0.2, 0.25) is 0 Å². The van der Waals surface area contributed by atoms with Crippen molar-refractivity contribution in [3.63, 3.8) is 0 Å². The van der Waals surface area contributed by atoms with Crippen LogP contribution >= 0.6 is 0 Å². The number of nitrogens with zero attached hydrogens (tertiary/aromatic N) is 7. The number of halogens is 1. The highest BCUT2D eigenvalue weighted by Gasteiger charge is 2.44. The SMILES string of the molecule is Cc1nccc(C(=O)N2[C@H]3COC[C@@H]2c2nnc(-c4cnccn4)n2C3)c1F. The number of morpholine rings is 1. The van der Waals surface area contributed by atoms with Crippen LogP contribution in [-0.4, -0.2) is 59.8 Å². The molecule has 1 amide bonds. The van der Waals surface area contributed by atoms with E-state index in [1.807, 2.05) is 4.57 Å². The van der Waals surface area contributed by atoms with E-state index in [2.05, 4.69) is 25.1 Å². The molecule has 0 aliphatic carbocycles. The lowest BCUT2D eigenvalue weighted by atomic mass is 10.0. The van der Waals surface area contributed by atoms with Gasteiger partial charge < -0.3 is 14.2 Å². The van der Waals surface area contributed by atoms with Crippen molar-refractivity contribution in [2.24, 2.45) is 0 Å². The molecule has 0 spiro atoms. The number of ether oxygens (including phenoxy) is 1. The van der Waals surface area contributed by atoms with Gasteiger partial charge in [0.1, 0.15) is 11.7 Å². The van der Waals surface area contributed by atoms with E-state index in [0.717, 1.165) is 0 Å². The third-order valence-corrected chi connectivity index (χ3v) is 5.11. The first kappa shape index (κ1) is 16.9. The van der Waals surface area contributed by atoms with E-state index in [4.69, 9.17) is 4.74 Å². The molecule has 28 heavy (non-hydrogen) atoms. The number of aromatic nitrogens is 6. The standard InChI is InChI=1S/C18H16FN7O2/c1-10-15(19)12(2-3-21-10)18(27)26-11-7-25-16(13-6-20-4-5-22-13)23-24-17(25)14(26)9-28-8-11/h2-6,11,14H,7-9H2,1H3/t11-,14-/m1/s1.